The molecule has 2 atom stereocenters. The van der Waals surface area contributed by atoms with Crippen LogP contribution in [0.25, 0.3) is 0 Å². The van der Waals surface area contributed by atoms with E-state index in [4.69, 9.17) is 0 Å². The summed E-state index contributed by atoms with van der Waals surface area (Å²) in [5, 5.41) is 9.19. The lowest BCUT2D eigenvalue weighted by Crippen LogP contribution is -2.33. The molecule has 5 heteroatoms. The van der Waals surface area contributed by atoms with Gasteiger partial charge in [0.15, 0.2) is 0 Å². The summed E-state index contributed by atoms with van der Waals surface area (Å²) in [4.78, 5) is 22.3. The molecule has 1 N–H and O–H groups in total. The molecular weight excluding hydrogens is 242 g/mol. The summed E-state index contributed by atoms with van der Waals surface area (Å²) in [6.07, 6.45) is 0.677. The Labute approximate surface area is 113 Å². The van der Waals surface area contributed by atoms with Gasteiger partial charge >= 0.3 is 5.97 Å². The van der Waals surface area contributed by atoms with Crippen molar-refractivity contribution >= 4 is 11.8 Å². The Morgan fingerprint density at radius 1 is 1.47 bits per heavy atom. The molecule has 0 saturated carbocycles. The van der Waals surface area contributed by atoms with Crippen molar-refractivity contribution in [2.75, 3.05) is 11.4 Å². The van der Waals surface area contributed by atoms with Crippen molar-refractivity contribution in [2.45, 2.75) is 46.1 Å². The first kappa shape index (κ1) is 13.8. The standard InChI is InChI=1S/C14H21N3O2/c1-8(2)13-15-9(3)7-12(16-13)17-6-5-11(10(17)4)14(18)19/h7-8,10-11H,5-6H2,1-4H3,(H,18,19). The van der Waals surface area contributed by atoms with Crippen molar-refractivity contribution in [3.8, 4) is 0 Å². The number of carbonyl (C=O) groups is 1. The number of rotatable bonds is 3. The molecule has 1 aromatic heterocycles. The average molecular weight is 263 g/mol. The number of aliphatic carboxylic acids is 1. The largest absolute Gasteiger partial charge is 0.481 e. The maximum atomic E-state index is 11.2. The van der Waals surface area contributed by atoms with E-state index < -0.39 is 5.97 Å². The van der Waals surface area contributed by atoms with Crippen molar-refractivity contribution in [1.29, 1.82) is 0 Å². The minimum absolute atomic E-state index is 0.0215. The average Bonchev–Trinajstić information content (AvgIpc) is 2.70. The SMILES string of the molecule is Cc1cc(N2CCC(C(=O)O)C2C)nc(C(C)C)n1. The third-order valence-electron chi connectivity index (χ3n) is 3.74. The highest BCUT2D eigenvalue weighted by Crippen LogP contribution is 2.29. The first-order valence-electron chi connectivity index (χ1n) is 6.75. The number of aromatic nitrogens is 2. The van der Waals surface area contributed by atoms with Crippen molar-refractivity contribution in [3.05, 3.63) is 17.6 Å². The van der Waals surface area contributed by atoms with E-state index >= 15 is 0 Å². The molecule has 0 aromatic carbocycles. The van der Waals surface area contributed by atoms with Crippen molar-refractivity contribution in [1.82, 2.24) is 9.97 Å². The molecule has 0 radical (unpaired) electrons. The number of anilines is 1. The Hall–Kier alpha value is -1.65. The summed E-state index contributed by atoms with van der Waals surface area (Å²) < 4.78 is 0. The fraction of sp³-hybridized carbons (Fsp3) is 0.643. The van der Waals surface area contributed by atoms with Gasteiger partial charge in [0.05, 0.1) is 5.92 Å². The molecule has 1 saturated heterocycles. The Morgan fingerprint density at radius 3 is 2.68 bits per heavy atom. The van der Waals surface area contributed by atoms with E-state index in [9.17, 15) is 9.90 Å². The second kappa shape index (κ2) is 5.15. The summed E-state index contributed by atoms with van der Waals surface area (Å²) in [6.45, 7) is 8.77. The van der Waals surface area contributed by atoms with E-state index in [-0.39, 0.29) is 17.9 Å². The zero-order valence-electron chi connectivity index (χ0n) is 11.9. The van der Waals surface area contributed by atoms with E-state index in [1.54, 1.807) is 0 Å². The number of carboxylic acid groups (broad SMARTS) is 1. The highest BCUT2D eigenvalue weighted by molar-refractivity contribution is 5.72. The molecule has 1 aromatic rings. The van der Waals surface area contributed by atoms with Crippen LogP contribution in [0.15, 0.2) is 6.07 Å². The van der Waals surface area contributed by atoms with E-state index in [0.29, 0.717) is 6.42 Å². The summed E-state index contributed by atoms with van der Waals surface area (Å²) in [5.74, 6) is 0.919. The second-order valence-corrected chi connectivity index (χ2v) is 5.55. The Kier molecular flexibility index (Phi) is 3.73. The molecule has 0 amide bonds. The first-order valence-corrected chi connectivity index (χ1v) is 6.75. The summed E-state index contributed by atoms with van der Waals surface area (Å²) in [7, 11) is 0. The van der Waals surface area contributed by atoms with E-state index in [2.05, 4.69) is 28.7 Å². The van der Waals surface area contributed by atoms with Gasteiger partial charge in [-0.1, -0.05) is 13.8 Å². The van der Waals surface area contributed by atoms with Crippen molar-refractivity contribution in [3.63, 3.8) is 0 Å². The fourth-order valence-corrected chi connectivity index (χ4v) is 2.57. The lowest BCUT2D eigenvalue weighted by atomic mass is 10.0. The molecule has 104 valence electrons. The van der Waals surface area contributed by atoms with Crippen LogP contribution in [0.1, 0.15) is 44.6 Å². The van der Waals surface area contributed by atoms with E-state index in [1.165, 1.54) is 0 Å². The Morgan fingerprint density at radius 2 is 2.16 bits per heavy atom. The van der Waals surface area contributed by atoms with E-state index in [1.807, 2.05) is 19.9 Å². The number of hydrogen-bond donors (Lipinski definition) is 1. The molecule has 0 aliphatic carbocycles. The van der Waals surface area contributed by atoms with Crippen LogP contribution in [-0.2, 0) is 4.79 Å². The lowest BCUT2D eigenvalue weighted by molar-refractivity contribution is -0.141. The zero-order chi connectivity index (χ0) is 14.2. The molecule has 2 rings (SSSR count). The minimum atomic E-state index is -0.718. The van der Waals surface area contributed by atoms with Gasteiger partial charge in [0.25, 0.3) is 0 Å². The van der Waals surface area contributed by atoms with Crippen LogP contribution in [0, 0.1) is 12.8 Å². The van der Waals surface area contributed by atoms with Gasteiger partial charge in [0.1, 0.15) is 11.6 Å². The molecule has 1 fully saturated rings. The monoisotopic (exact) mass is 263 g/mol. The van der Waals surface area contributed by atoms with Crippen LogP contribution in [0.5, 0.6) is 0 Å². The van der Waals surface area contributed by atoms with Gasteiger partial charge in [-0.05, 0) is 20.3 Å². The summed E-state index contributed by atoms with van der Waals surface area (Å²) >= 11 is 0. The van der Waals surface area contributed by atoms with Crippen LogP contribution in [0.2, 0.25) is 0 Å². The number of carboxylic acids is 1. The van der Waals surface area contributed by atoms with Gasteiger partial charge in [0, 0.05) is 30.3 Å². The highest BCUT2D eigenvalue weighted by Gasteiger charge is 2.36. The summed E-state index contributed by atoms with van der Waals surface area (Å²) in [5.41, 5.74) is 0.930. The molecule has 0 spiro atoms. The third kappa shape index (κ3) is 2.69. The van der Waals surface area contributed by atoms with Gasteiger partial charge in [-0.15, -0.1) is 0 Å². The van der Waals surface area contributed by atoms with Crippen LogP contribution in [0.4, 0.5) is 5.82 Å². The Bertz CT molecular complexity index is 488. The normalized spacial score (nSPS) is 23.1. The van der Waals surface area contributed by atoms with Gasteiger partial charge in [0.2, 0.25) is 0 Å². The van der Waals surface area contributed by atoms with Crippen LogP contribution >= 0.6 is 0 Å². The highest BCUT2D eigenvalue weighted by atomic mass is 16.4. The predicted molar refractivity (Wildman–Crippen MR) is 73.4 cm³/mol. The Balaban J connectivity index is 2.30. The first-order chi connectivity index (χ1) is 8.90. The van der Waals surface area contributed by atoms with Gasteiger partial charge in [-0.25, -0.2) is 9.97 Å². The maximum Gasteiger partial charge on any atom is 0.308 e. The quantitative estimate of drug-likeness (QED) is 0.905. The third-order valence-corrected chi connectivity index (χ3v) is 3.74. The van der Waals surface area contributed by atoms with E-state index in [0.717, 1.165) is 23.9 Å². The predicted octanol–water partition coefficient (Wildman–Crippen LogP) is 2.21. The molecule has 19 heavy (non-hydrogen) atoms. The zero-order valence-corrected chi connectivity index (χ0v) is 11.9. The van der Waals surface area contributed by atoms with Crippen LogP contribution in [-0.4, -0.2) is 33.6 Å². The van der Waals surface area contributed by atoms with Gasteiger partial charge in [-0.3, -0.25) is 4.79 Å². The smallest absolute Gasteiger partial charge is 0.308 e. The van der Waals surface area contributed by atoms with Crippen molar-refractivity contribution < 1.29 is 9.90 Å². The summed E-state index contributed by atoms with van der Waals surface area (Å²) in [6, 6.07) is 1.92. The fourth-order valence-electron chi connectivity index (χ4n) is 2.57. The molecule has 1 aliphatic rings. The molecule has 2 unspecified atom stereocenters. The lowest BCUT2D eigenvalue weighted by Gasteiger charge is -2.25. The number of hydrogen-bond acceptors (Lipinski definition) is 4. The van der Waals surface area contributed by atoms with Gasteiger partial charge in [-0.2, -0.15) is 0 Å². The topological polar surface area (TPSA) is 66.3 Å². The molecular formula is C14H21N3O2. The molecule has 0 bridgehead atoms. The maximum absolute atomic E-state index is 11.2. The second-order valence-electron chi connectivity index (χ2n) is 5.55. The minimum Gasteiger partial charge on any atom is -0.481 e. The van der Waals surface area contributed by atoms with Crippen molar-refractivity contribution in [2.24, 2.45) is 5.92 Å². The number of nitrogens with zero attached hydrogens (tertiary/aromatic N) is 3. The van der Waals surface area contributed by atoms with Crippen LogP contribution in [0.3, 0.4) is 0 Å². The molecule has 5 nitrogen and oxygen atoms in total. The molecule has 2 heterocycles. The number of aryl methyl sites for hydroxylation is 1. The molecule has 1 aliphatic heterocycles. The van der Waals surface area contributed by atoms with Crippen LogP contribution < -0.4 is 4.90 Å². The van der Waals surface area contributed by atoms with Gasteiger partial charge < -0.3 is 10.0 Å².